The number of hydrogen-bond acceptors (Lipinski definition) is 4. The van der Waals surface area contributed by atoms with Crippen molar-refractivity contribution in [2.45, 2.75) is 43.6 Å². The lowest BCUT2D eigenvalue weighted by Gasteiger charge is -2.34. The topological polar surface area (TPSA) is 61.3 Å². The van der Waals surface area contributed by atoms with Crippen molar-refractivity contribution < 1.29 is 9.15 Å². The summed E-state index contributed by atoms with van der Waals surface area (Å²) in [6, 6.07) is 0. The maximum absolute atomic E-state index is 6.19. The number of hydrogen-bond donors (Lipinski definition) is 1. The predicted octanol–water partition coefficient (Wildman–Crippen LogP) is 1.91. The van der Waals surface area contributed by atoms with Crippen molar-refractivity contribution in [1.82, 2.24) is 4.98 Å². The molecule has 0 spiro atoms. The Kier molecular flexibility index (Phi) is 2.48. The first-order valence-corrected chi connectivity index (χ1v) is 6.10. The molecule has 0 unspecified atom stereocenters. The fraction of sp³-hybridized carbons (Fsp3) is 0.750. The molecule has 4 heteroatoms. The molecule has 3 rings (SSSR count). The van der Waals surface area contributed by atoms with Gasteiger partial charge in [0.2, 0.25) is 5.89 Å². The molecule has 88 valence electrons. The molecule has 0 aromatic carbocycles. The van der Waals surface area contributed by atoms with Crippen LogP contribution in [0.1, 0.15) is 49.6 Å². The molecule has 16 heavy (non-hydrogen) atoms. The predicted molar refractivity (Wildman–Crippen MR) is 59.0 cm³/mol. The van der Waals surface area contributed by atoms with Crippen LogP contribution in [-0.4, -0.2) is 18.2 Å². The van der Waals surface area contributed by atoms with E-state index in [-0.39, 0.29) is 5.54 Å². The van der Waals surface area contributed by atoms with E-state index in [1.807, 2.05) is 0 Å². The molecule has 2 N–H and O–H groups in total. The molecule has 2 heterocycles. The zero-order valence-electron chi connectivity index (χ0n) is 9.45. The lowest BCUT2D eigenvalue weighted by Crippen LogP contribution is -2.43. The van der Waals surface area contributed by atoms with Crippen molar-refractivity contribution in [2.75, 3.05) is 13.2 Å². The van der Waals surface area contributed by atoms with Gasteiger partial charge in [0.25, 0.3) is 0 Å². The highest BCUT2D eigenvalue weighted by molar-refractivity contribution is 5.13. The van der Waals surface area contributed by atoms with E-state index in [4.69, 9.17) is 14.9 Å². The normalized spacial score (nSPS) is 25.3. The zero-order chi connectivity index (χ0) is 11.0. The Balaban J connectivity index is 1.76. The van der Waals surface area contributed by atoms with Gasteiger partial charge in [-0.15, -0.1) is 0 Å². The highest BCUT2D eigenvalue weighted by atomic mass is 16.5. The average molecular weight is 222 g/mol. The van der Waals surface area contributed by atoms with Gasteiger partial charge in [0.15, 0.2) is 0 Å². The Morgan fingerprint density at radius 2 is 2.06 bits per heavy atom. The summed E-state index contributed by atoms with van der Waals surface area (Å²) in [7, 11) is 0. The zero-order valence-corrected chi connectivity index (χ0v) is 9.45. The molecule has 0 radical (unpaired) electrons. The van der Waals surface area contributed by atoms with E-state index in [1.165, 1.54) is 6.42 Å². The third kappa shape index (κ3) is 1.66. The summed E-state index contributed by atoms with van der Waals surface area (Å²) in [6.07, 6.45) is 7.07. The molecule has 0 bridgehead atoms. The summed E-state index contributed by atoms with van der Waals surface area (Å²) >= 11 is 0. The molecule has 1 saturated heterocycles. The van der Waals surface area contributed by atoms with Gasteiger partial charge >= 0.3 is 0 Å². The van der Waals surface area contributed by atoms with E-state index < -0.39 is 0 Å². The second-order valence-electron chi connectivity index (χ2n) is 4.97. The highest BCUT2D eigenvalue weighted by Crippen LogP contribution is 2.39. The minimum Gasteiger partial charge on any atom is -0.447 e. The average Bonchev–Trinajstić information content (AvgIpc) is 2.77. The van der Waals surface area contributed by atoms with Crippen LogP contribution in [0.4, 0.5) is 0 Å². The first-order valence-electron chi connectivity index (χ1n) is 6.10. The van der Waals surface area contributed by atoms with Gasteiger partial charge in [-0.1, -0.05) is 0 Å². The van der Waals surface area contributed by atoms with Gasteiger partial charge in [-0.25, -0.2) is 4.98 Å². The summed E-state index contributed by atoms with van der Waals surface area (Å²) in [6.45, 7) is 1.67. The van der Waals surface area contributed by atoms with Gasteiger partial charge in [-0.05, 0) is 32.1 Å². The second-order valence-corrected chi connectivity index (χ2v) is 4.97. The monoisotopic (exact) mass is 222 g/mol. The molecular formula is C12H18N2O2. The largest absolute Gasteiger partial charge is 0.447 e. The fourth-order valence-corrected chi connectivity index (χ4v) is 2.47. The van der Waals surface area contributed by atoms with Crippen molar-refractivity contribution in [2.24, 2.45) is 5.73 Å². The van der Waals surface area contributed by atoms with Crippen molar-refractivity contribution in [3.05, 3.63) is 17.8 Å². The molecule has 2 fully saturated rings. The molecule has 0 atom stereocenters. The van der Waals surface area contributed by atoms with Crippen LogP contribution >= 0.6 is 0 Å². The Labute approximate surface area is 95.2 Å². The van der Waals surface area contributed by atoms with E-state index in [2.05, 4.69) is 4.98 Å². The number of rotatable bonds is 2. The molecule has 1 aromatic rings. The third-order valence-electron chi connectivity index (χ3n) is 3.83. The van der Waals surface area contributed by atoms with E-state index in [1.54, 1.807) is 6.26 Å². The first-order chi connectivity index (χ1) is 7.78. The smallest absolute Gasteiger partial charge is 0.214 e. The number of nitrogens with zero attached hydrogens (tertiary/aromatic N) is 1. The van der Waals surface area contributed by atoms with Gasteiger partial charge in [0.05, 0.1) is 11.2 Å². The van der Waals surface area contributed by atoms with E-state index in [0.717, 1.165) is 50.5 Å². The van der Waals surface area contributed by atoms with Crippen LogP contribution in [-0.2, 0) is 10.3 Å². The van der Waals surface area contributed by atoms with Crippen molar-refractivity contribution in [3.8, 4) is 0 Å². The molecule has 1 aliphatic heterocycles. The summed E-state index contributed by atoms with van der Waals surface area (Å²) in [5.74, 6) is 1.23. The van der Waals surface area contributed by atoms with Gasteiger partial charge in [0, 0.05) is 19.1 Å². The fourth-order valence-electron chi connectivity index (χ4n) is 2.47. The lowest BCUT2D eigenvalue weighted by atomic mass is 9.77. The van der Waals surface area contributed by atoms with Crippen molar-refractivity contribution >= 4 is 0 Å². The number of oxazole rings is 1. The van der Waals surface area contributed by atoms with Gasteiger partial charge in [-0.3, -0.25) is 0 Å². The summed E-state index contributed by atoms with van der Waals surface area (Å²) in [5, 5.41) is 0. The summed E-state index contributed by atoms with van der Waals surface area (Å²) < 4.78 is 10.9. The SMILES string of the molecule is NC1(c2nc(C3CCOCC3)co2)CCC1. The van der Waals surface area contributed by atoms with Crippen LogP contribution in [0.15, 0.2) is 10.7 Å². The Morgan fingerprint density at radius 1 is 1.31 bits per heavy atom. The maximum atomic E-state index is 6.19. The number of nitrogens with two attached hydrogens (primary N) is 1. The van der Waals surface area contributed by atoms with Crippen LogP contribution in [0.25, 0.3) is 0 Å². The number of ether oxygens (including phenoxy) is 1. The van der Waals surface area contributed by atoms with Crippen LogP contribution in [0, 0.1) is 0 Å². The maximum Gasteiger partial charge on any atom is 0.214 e. The molecule has 4 nitrogen and oxygen atoms in total. The molecule has 1 aliphatic carbocycles. The quantitative estimate of drug-likeness (QED) is 0.830. The van der Waals surface area contributed by atoms with Gasteiger partial charge in [0.1, 0.15) is 6.26 Å². The lowest BCUT2D eigenvalue weighted by molar-refractivity contribution is 0.0844. The molecule has 1 aromatic heterocycles. The minimum absolute atomic E-state index is 0.274. The minimum atomic E-state index is -0.274. The second kappa shape index (κ2) is 3.86. The Morgan fingerprint density at radius 3 is 2.69 bits per heavy atom. The first kappa shape index (κ1) is 10.3. The van der Waals surface area contributed by atoms with Crippen molar-refractivity contribution in [1.29, 1.82) is 0 Å². The van der Waals surface area contributed by atoms with E-state index in [0.29, 0.717) is 5.92 Å². The van der Waals surface area contributed by atoms with Crippen LogP contribution < -0.4 is 5.73 Å². The van der Waals surface area contributed by atoms with Crippen LogP contribution in [0.3, 0.4) is 0 Å². The van der Waals surface area contributed by atoms with Crippen LogP contribution in [0.5, 0.6) is 0 Å². The van der Waals surface area contributed by atoms with Gasteiger partial charge in [-0.2, -0.15) is 0 Å². The summed E-state index contributed by atoms with van der Waals surface area (Å²) in [4.78, 5) is 4.58. The molecule has 0 amide bonds. The Bertz CT molecular complexity index is 365. The van der Waals surface area contributed by atoms with Crippen LogP contribution in [0.2, 0.25) is 0 Å². The molecule has 1 saturated carbocycles. The Hall–Kier alpha value is -0.870. The molecular weight excluding hydrogens is 204 g/mol. The number of aromatic nitrogens is 1. The standard InChI is InChI=1S/C12H18N2O2/c13-12(4-1-5-12)11-14-10(8-16-11)9-2-6-15-7-3-9/h8-9H,1-7,13H2. The van der Waals surface area contributed by atoms with E-state index >= 15 is 0 Å². The third-order valence-corrected chi connectivity index (χ3v) is 3.83. The summed E-state index contributed by atoms with van der Waals surface area (Å²) in [5.41, 5.74) is 6.98. The highest BCUT2D eigenvalue weighted by Gasteiger charge is 2.39. The van der Waals surface area contributed by atoms with Gasteiger partial charge < -0.3 is 14.9 Å². The van der Waals surface area contributed by atoms with Crippen molar-refractivity contribution in [3.63, 3.8) is 0 Å². The molecule has 2 aliphatic rings. The van der Waals surface area contributed by atoms with E-state index in [9.17, 15) is 0 Å².